The quantitative estimate of drug-likeness (QED) is 0.794. The Kier molecular flexibility index (Phi) is 3.92. The second kappa shape index (κ2) is 6.14. The maximum absolute atomic E-state index is 13.1. The summed E-state index contributed by atoms with van der Waals surface area (Å²) < 4.78 is 5.14. The number of benzene rings is 2. The monoisotopic (exact) mass is 351 g/mol. The Balaban J connectivity index is 1.66. The van der Waals surface area contributed by atoms with Crippen molar-refractivity contribution in [3.05, 3.63) is 54.1 Å². The Morgan fingerprint density at radius 1 is 1.19 bits per heavy atom. The van der Waals surface area contributed by atoms with Crippen molar-refractivity contribution in [1.29, 1.82) is 0 Å². The van der Waals surface area contributed by atoms with E-state index in [2.05, 4.69) is 16.0 Å². The van der Waals surface area contributed by atoms with Gasteiger partial charge in [-0.2, -0.15) is 0 Å². The molecule has 2 aliphatic heterocycles. The number of hydrogen-bond donors (Lipinski definition) is 3. The van der Waals surface area contributed by atoms with E-state index in [0.29, 0.717) is 12.1 Å². The zero-order valence-corrected chi connectivity index (χ0v) is 14.7. The fourth-order valence-electron chi connectivity index (χ4n) is 4.05. The Bertz CT molecular complexity index is 865. The molecule has 1 spiro atoms. The lowest BCUT2D eigenvalue weighted by Gasteiger charge is -2.29. The minimum Gasteiger partial charge on any atom is -0.497 e. The smallest absolute Gasteiger partial charge is 0.250 e. The standard InChI is InChI=1S/C20H21N3O3/c1-12-11-16(18(24)21-13-7-9-14(26-2)10-8-13)20(23-12)15-5-3-4-6-17(15)22-19(20)25/h3-10,12,16,23H,11H2,1-2H3,(H,21,24)(H,22,25)/t12-,16+,20-/m0/s1. The zero-order chi connectivity index (χ0) is 18.3. The van der Waals surface area contributed by atoms with Gasteiger partial charge in [0.15, 0.2) is 0 Å². The average Bonchev–Trinajstić information content (AvgIpc) is 3.14. The summed E-state index contributed by atoms with van der Waals surface area (Å²) in [7, 11) is 1.60. The van der Waals surface area contributed by atoms with Crippen LogP contribution in [0.25, 0.3) is 0 Å². The van der Waals surface area contributed by atoms with E-state index < -0.39 is 11.5 Å². The minimum atomic E-state index is -1.02. The average molecular weight is 351 g/mol. The fourth-order valence-corrected chi connectivity index (χ4v) is 4.05. The van der Waals surface area contributed by atoms with Crippen molar-refractivity contribution in [3.63, 3.8) is 0 Å². The molecule has 2 amide bonds. The van der Waals surface area contributed by atoms with Crippen LogP contribution in [-0.2, 0) is 15.1 Å². The molecule has 0 bridgehead atoms. The van der Waals surface area contributed by atoms with Crippen LogP contribution in [0.15, 0.2) is 48.5 Å². The van der Waals surface area contributed by atoms with E-state index in [4.69, 9.17) is 4.74 Å². The van der Waals surface area contributed by atoms with Crippen LogP contribution < -0.4 is 20.7 Å². The normalized spacial score (nSPS) is 26.5. The number of fused-ring (bicyclic) bond motifs is 2. The van der Waals surface area contributed by atoms with Crippen molar-refractivity contribution < 1.29 is 14.3 Å². The van der Waals surface area contributed by atoms with Crippen molar-refractivity contribution in [2.24, 2.45) is 5.92 Å². The first-order valence-corrected chi connectivity index (χ1v) is 8.68. The summed E-state index contributed by atoms with van der Waals surface area (Å²) in [5.74, 6) is -0.111. The Morgan fingerprint density at radius 2 is 1.92 bits per heavy atom. The summed E-state index contributed by atoms with van der Waals surface area (Å²) in [5, 5.41) is 9.24. The number of para-hydroxylation sites is 1. The number of carbonyl (C=O) groups excluding carboxylic acids is 2. The number of nitrogens with one attached hydrogen (secondary N) is 3. The molecule has 0 aromatic heterocycles. The lowest BCUT2D eigenvalue weighted by molar-refractivity contribution is -0.130. The summed E-state index contributed by atoms with van der Waals surface area (Å²) >= 11 is 0. The maximum atomic E-state index is 13.1. The number of anilines is 2. The van der Waals surface area contributed by atoms with Gasteiger partial charge >= 0.3 is 0 Å². The molecule has 2 aromatic rings. The van der Waals surface area contributed by atoms with Gasteiger partial charge in [0.25, 0.3) is 0 Å². The van der Waals surface area contributed by atoms with Gasteiger partial charge in [-0.25, -0.2) is 0 Å². The molecule has 3 N–H and O–H groups in total. The molecule has 3 atom stereocenters. The predicted molar refractivity (Wildman–Crippen MR) is 99.1 cm³/mol. The third-order valence-electron chi connectivity index (χ3n) is 5.22. The summed E-state index contributed by atoms with van der Waals surface area (Å²) in [5.41, 5.74) is 1.26. The lowest BCUT2D eigenvalue weighted by Crippen LogP contribution is -2.52. The largest absolute Gasteiger partial charge is 0.497 e. The first kappa shape index (κ1) is 16.6. The Hall–Kier alpha value is -2.86. The molecular weight excluding hydrogens is 330 g/mol. The van der Waals surface area contributed by atoms with Crippen molar-refractivity contribution >= 4 is 23.2 Å². The third kappa shape index (κ3) is 2.45. The van der Waals surface area contributed by atoms with E-state index >= 15 is 0 Å². The summed E-state index contributed by atoms with van der Waals surface area (Å²) in [6.07, 6.45) is 0.587. The number of hydrogen-bond acceptors (Lipinski definition) is 4. The van der Waals surface area contributed by atoms with Crippen LogP contribution in [0.1, 0.15) is 18.9 Å². The van der Waals surface area contributed by atoms with Gasteiger partial charge in [0, 0.05) is 23.0 Å². The Labute approximate surface area is 151 Å². The van der Waals surface area contributed by atoms with E-state index in [1.165, 1.54) is 0 Å². The third-order valence-corrected chi connectivity index (χ3v) is 5.22. The van der Waals surface area contributed by atoms with E-state index in [0.717, 1.165) is 17.0 Å². The van der Waals surface area contributed by atoms with E-state index in [1.807, 2.05) is 31.2 Å². The van der Waals surface area contributed by atoms with Crippen LogP contribution in [0.3, 0.4) is 0 Å². The van der Waals surface area contributed by atoms with Gasteiger partial charge in [-0.1, -0.05) is 18.2 Å². The number of amides is 2. The van der Waals surface area contributed by atoms with Crippen LogP contribution in [0, 0.1) is 5.92 Å². The van der Waals surface area contributed by atoms with Gasteiger partial charge in [-0.05, 0) is 43.7 Å². The van der Waals surface area contributed by atoms with E-state index in [-0.39, 0.29) is 17.9 Å². The first-order chi connectivity index (χ1) is 12.5. The van der Waals surface area contributed by atoms with Crippen LogP contribution in [0.2, 0.25) is 0 Å². The fraction of sp³-hybridized carbons (Fsp3) is 0.300. The Morgan fingerprint density at radius 3 is 2.65 bits per heavy atom. The molecule has 0 saturated carbocycles. The molecule has 0 radical (unpaired) electrons. The molecule has 1 fully saturated rings. The SMILES string of the molecule is COc1ccc(NC(=O)[C@H]2C[C@H](C)N[C@]23C(=O)Nc2ccccc23)cc1. The van der Waals surface area contributed by atoms with Crippen molar-refractivity contribution in [3.8, 4) is 5.75 Å². The molecule has 6 nitrogen and oxygen atoms in total. The van der Waals surface area contributed by atoms with Gasteiger partial charge in [-0.15, -0.1) is 0 Å². The molecule has 0 unspecified atom stereocenters. The maximum Gasteiger partial charge on any atom is 0.250 e. The highest BCUT2D eigenvalue weighted by molar-refractivity contribution is 6.10. The van der Waals surface area contributed by atoms with Crippen LogP contribution >= 0.6 is 0 Å². The number of ether oxygens (including phenoxy) is 1. The highest BCUT2D eigenvalue weighted by atomic mass is 16.5. The molecule has 2 aromatic carbocycles. The molecule has 4 rings (SSSR count). The van der Waals surface area contributed by atoms with Crippen molar-refractivity contribution in [2.45, 2.75) is 24.9 Å². The molecule has 26 heavy (non-hydrogen) atoms. The molecule has 2 aliphatic rings. The molecule has 1 saturated heterocycles. The predicted octanol–water partition coefficient (Wildman–Crippen LogP) is 2.48. The van der Waals surface area contributed by atoms with Gasteiger partial charge in [0.2, 0.25) is 11.8 Å². The van der Waals surface area contributed by atoms with Gasteiger partial charge < -0.3 is 15.4 Å². The second-order valence-corrected chi connectivity index (χ2v) is 6.86. The zero-order valence-electron chi connectivity index (χ0n) is 14.7. The van der Waals surface area contributed by atoms with Gasteiger partial charge in [0.05, 0.1) is 13.0 Å². The summed E-state index contributed by atoms with van der Waals surface area (Å²) in [6.45, 7) is 2.00. The van der Waals surface area contributed by atoms with Crippen LogP contribution in [0.4, 0.5) is 11.4 Å². The number of methoxy groups -OCH3 is 1. The highest BCUT2D eigenvalue weighted by Crippen LogP contribution is 2.47. The molecule has 0 aliphatic carbocycles. The van der Waals surface area contributed by atoms with Crippen LogP contribution in [-0.4, -0.2) is 25.0 Å². The first-order valence-electron chi connectivity index (χ1n) is 8.68. The molecule has 6 heteroatoms. The molecular formula is C20H21N3O3. The van der Waals surface area contributed by atoms with E-state index in [9.17, 15) is 9.59 Å². The van der Waals surface area contributed by atoms with Crippen molar-refractivity contribution in [2.75, 3.05) is 17.7 Å². The van der Waals surface area contributed by atoms with Gasteiger partial charge in [0.1, 0.15) is 11.3 Å². The van der Waals surface area contributed by atoms with Crippen molar-refractivity contribution in [1.82, 2.24) is 5.32 Å². The van der Waals surface area contributed by atoms with Crippen LogP contribution in [0.5, 0.6) is 5.75 Å². The molecule has 2 heterocycles. The molecule has 134 valence electrons. The minimum absolute atomic E-state index is 0.0542. The summed E-state index contributed by atoms with van der Waals surface area (Å²) in [6, 6.07) is 14.8. The lowest BCUT2D eigenvalue weighted by atomic mass is 9.79. The topological polar surface area (TPSA) is 79.5 Å². The second-order valence-electron chi connectivity index (χ2n) is 6.86. The highest BCUT2D eigenvalue weighted by Gasteiger charge is 2.59. The van der Waals surface area contributed by atoms with Gasteiger partial charge in [-0.3, -0.25) is 14.9 Å². The summed E-state index contributed by atoms with van der Waals surface area (Å²) in [4.78, 5) is 26.0. The van der Waals surface area contributed by atoms with E-state index in [1.54, 1.807) is 31.4 Å². The number of rotatable bonds is 3. The number of carbonyl (C=O) groups is 2.